The third kappa shape index (κ3) is 3.45. The first-order valence-electron chi connectivity index (χ1n) is 7.30. The van der Waals surface area contributed by atoms with Crippen molar-refractivity contribution in [3.63, 3.8) is 0 Å². The maximum Gasteiger partial charge on any atom is 0.262 e. The second-order valence-corrected chi connectivity index (χ2v) is 7.14. The molecule has 1 saturated heterocycles. The molecule has 2 amide bonds. The highest BCUT2D eigenvalue weighted by Crippen LogP contribution is 2.29. The highest BCUT2D eigenvalue weighted by atomic mass is 32.2. The largest absolute Gasteiger partial charge is 0.482 e. The summed E-state index contributed by atoms with van der Waals surface area (Å²) in [6.07, 6.45) is 1.34. The van der Waals surface area contributed by atoms with Gasteiger partial charge >= 0.3 is 0 Å². The SMILES string of the molecule is O=C1COc2ccc(S(=O)(=O)NCCN3CCCC3=O)cc2N1. The molecule has 2 heterocycles. The van der Waals surface area contributed by atoms with Crippen molar-refractivity contribution in [2.24, 2.45) is 0 Å². The summed E-state index contributed by atoms with van der Waals surface area (Å²) in [5, 5.41) is 2.57. The van der Waals surface area contributed by atoms with Crippen LogP contribution < -0.4 is 14.8 Å². The number of hydrogen-bond acceptors (Lipinski definition) is 5. The minimum atomic E-state index is -3.72. The summed E-state index contributed by atoms with van der Waals surface area (Å²) in [6.45, 7) is 1.08. The first-order chi connectivity index (χ1) is 11.0. The Morgan fingerprint density at radius 3 is 2.87 bits per heavy atom. The highest BCUT2D eigenvalue weighted by molar-refractivity contribution is 7.89. The predicted octanol–water partition coefficient (Wildman–Crippen LogP) is -0.0818. The zero-order chi connectivity index (χ0) is 16.4. The van der Waals surface area contributed by atoms with Crippen LogP contribution in [0.2, 0.25) is 0 Å². The van der Waals surface area contributed by atoms with E-state index in [-0.39, 0.29) is 29.9 Å². The Hall–Kier alpha value is -2.13. The molecule has 0 bridgehead atoms. The lowest BCUT2D eigenvalue weighted by Crippen LogP contribution is -2.35. The second-order valence-electron chi connectivity index (χ2n) is 5.38. The maximum absolute atomic E-state index is 12.3. The zero-order valence-corrected chi connectivity index (χ0v) is 13.2. The Kier molecular flexibility index (Phi) is 4.22. The van der Waals surface area contributed by atoms with E-state index >= 15 is 0 Å². The van der Waals surface area contributed by atoms with E-state index < -0.39 is 10.0 Å². The molecule has 0 saturated carbocycles. The molecule has 1 aromatic carbocycles. The van der Waals surface area contributed by atoms with Crippen LogP contribution in [-0.2, 0) is 19.6 Å². The van der Waals surface area contributed by atoms with Crippen LogP contribution in [0.3, 0.4) is 0 Å². The van der Waals surface area contributed by atoms with Gasteiger partial charge < -0.3 is 15.0 Å². The van der Waals surface area contributed by atoms with Crippen molar-refractivity contribution in [1.82, 2.24) is 9.62 Å². The van der Waals surface area contributed by atoms with Gasteiger partial charge in [-0.3, -0.25) is 9.59 Å². The molecule has 0 aromatic heterocycles. The van der Waals surface area contributed by atoms with Gasteiger partial charge in [0.15, 0.2) is 6.61 Å². The average Bonchev–Trinajstić information content (AvgIpc) is 2.91. The van der Waals surface area contributed by atoms with Crippen molar-refractivity contribution in [1.29, 1.82) is 0 Å². The van der Waals surface area contributed by atoms with E-state index in [1.165, 1.54) is 18.2 Å². The van der Waals surface area contributed by atoms with Gasteiger partial charge in [0, 0.05) is 26.1 Å². The Morgan fingerprint density at radius 1 is 1.30 bits per heavy atom. The third-order valence-corrected chi connectivity index (χ3v) is 5.20. The molecule has 124 valence electrons. The first-order valence-corrected chi connectivity index (χ1v) is 8.78. The van der Waals surface area contributed by atoms with Gasteiger partial charge in [0.1, 0.15) is 5.75 Å². The lowest BCUT2D eigenvalue weighted by Gasteiger charge is -2.19. The smallest absolute Gasteiger partial charge is 0.262 e. The molecule has 0 aliphatic carbocycles. The molecule has 8 nitrogen and oxygen atoms in total. The average molecular weight is 339 g/mol. The van der Waals surface area contributed by atoms with Crippen LogP contribution in [0, 0.1) is 0 Å². The molecule has 0 atom stereocenters. The van der Waals surface area contributed by atoms with Crippen LogP contribution in [0.25, 0.3) is 0 Å². The molecule has 2 aliphatic heterocycles. The summed E-state index contributed by atoms with van der Waals surface area (Å²) in [5.74, 6) is 0.164. The van der Waals surface area contributed by atoms with E-state index in [9.17, 15) is 18.0 Å². The van der Waals surface area contributed by atoms with Crippen molar-refractivity contribution in [2.75, 3.05) is 31.6 Å². The van der Waals surface area contributed by atoms with Crippen LogP contribution in [0.15, 0.2) is 23.1 Å². The Labute approximate surface area is 133 Å². The molecular formula is C14H17N3O5S. The van der Waals surface area contributed by atoms with Crippen molar-refractivity contribution in [3.05, 3.63) is 18.2 Å². The van der Waals surface area contributed by atoms with Crippen LogP contribution in [-0.4, -0.2) is 51.4 Å². The highest BCUT2D eigenvalue weighted by Gasteiger charge is 2.22. The van der Waals surface area contributed by atoms with Crippen molar-refractivity contribution in [3.8, 4) is 5.75 Å². The van der Waals surface area contributed by atoms with Gasteiger partial charge in [-0.2, -0.15) is 0 Å². The van der Waals surface area contributed by atoms with Crippen molar-refractivity contribution in [2.45, 2.75) is 17.7 Å². The Bertz CT molecular complexity index is 747. The Morgan fingerprint density at radius 2 is 2.13 bits per heavy atom. The van der Waals surface area contributed by atoms with E-state index in [0.717, 1.165) is 6.42 Å². The number of ether oxygens (including phenoxy) is 1. The van der Waals surface area contributed by atoms with Crippen LogP contribution in [0.4, 0.5) is 5.69 Å². The number of carbonyl (C=O) groups is 2. The normalized spacial score (nSPS) is 17.7. The molecule has 3 rings (SSSR count). The fourth-order valence-electron chi connectivity index (χ4n) is 2.57. The quantitative estimate of drug-likeness (QED) is 0.781. The van der Waals surface area contributed by atoms with Crippen LogP contribution >= 0.6 is 0 Å². The summed E-state index contributed by atoms with van der Waals surface area (Å²) >= 11 is 0. The van der Waals surface area contributed by atoms with Gasteiger partial charge in [-0.25, -0.2) is 13.1 Å². The number of fused-ring (bicyclic) bond motifs is 1. The Balaban J connectivity index is 1.66. The van der Waals surface area contributed by atoms with E-state index in [1.54, 1.807) is 4.90 Å². The number of amides is 2. The molecule has 2 aliphatic rings. The zero-order valence-electron chi connectivity index (χ0n) is 12.4. The summed E-state index contributed by atoms with van der Waals surface area (Å²) in [6, 6.07) is 4.28. The topological polar surface area (TPSA) is 105 Å². The van der Waals surface area contributed by atoms with Gasteiger partial charge in [0.25, 0.3) is 5.91 Å². The van der Waals surface area contributed by atoms with Gasteiger partial charge in [-0.15, -0.1) is 0 Å². The fraction of sp³-hybridized carbons (Fsp3) is 0.429. The van der Waals surface area contributed by atoms with Gasteiger partial charge in [-0.05, 0) is 24.6 Å². The number of carbonyl (C=O) groups excluding carboxylic acids is 2. The molecule has 9 heteroatoms. The summed E-state index contributed by atoms with van der Waals surface area (Å²) in [7, 11) is -3.72. The number of nitrogens with zero attached hydrogens (tertiary/aromatic N) is 1. The minimum Gasteiger partial charge on any atom is -0.482 e. The number of hydrogen-bond donors (Lipinski definition) is 2. The van der Waals surface area contributed by atoms with Gasteiger partial charge in [-0.1, -0.05) is 0 Å². The standard InChI is InChI=1S/C14H17N3O5S/c18-13-9-22-12-4-3-10(8-11(12)16-13)23(20,21)15-5-7-17-6-1-2-14(17)19/h3-4,8,15H,1-2,5-7,9H2,(H,16,18). The van der Waals surface area contributed by atoms with E-state index in [2.05, 4.69) is 10.0 Å². The minimum absolute atomic E-state index is 0.0369. The summed E-state index contributed by atoms with van der Waals surface area (Å²) in [5.41, 5.74) is 0.332. The lowest BCUT2D eigenvalue weighted by molar-refractivity contribution is -0.127. The van der Waals surface area contributed by atoms with E-state index in [0.29, 0.717) is 30.9 Å². The van der Waals surface area contributed by atoms with Crippen LogP contribution in [0.5, 0.6) is 5.75 Å². The van der Waals surface area contributed by atoms with Crippen molar-refractivity contribution < 1.29 is 22.7 Å². The third-order valence-electron chi connectivity index (χ3n) is 3.74. The summed E-state index contributed by atoms with van der Waals surface area (Å²) < 4.78 is 32.2. The molecule has 0 spiro atoms. The maximum atomic E-state index is 12.3. The molecule has 23 heavy (non-hydrogen) atoms. The number of benzene rings is 1. The molecular weight excluding hydrogens is 322 g/mol. The molecule has 2 N–H and O–H groups in total. The molecule has 1 fully saturated rings. The second kappa shape index (κ2) is 6.17. The van der Waals surface area contributed by atoms with Gasteiger partial charge in [0.05, 0.1) is 10.6 Å². The number of sulfonamides is 1. The van der Waals surface area contributed by atoms with Crippen molar-refractivity contribution >= 4 is 27.5 Å². The molecule has 0 radical (unpaired) electrons. The molecule has 1 aromatic rings. The summed E-state index contributed by atoms with van der Waals surface area (Å²) in [4.78, 5) is 24.5. The van der Waals surface area contributed by atoms with Crippen LogP contribution in [0.1, 0.15) is 12.8 Å². The van der Waals surface area contributed by atoms with E-state index in [4.69, 9.17) is 4.74 Å². The first kappa shape index (κ1) is 15.8. The number of anilines is 1. The number of rotatable bonds is 5. The molecule has 0 unspecified atom stereocenters. The number of likely N-dealkylation sites (tertiary alicyclic amines) is 1. The lowest BCUT2D eigenvalue weighted by atomic mass is 10.2. The van der Waals surface area contributed by atoms with Gasteiger partial charge in [0.2, 0.25) is 15.9 Å². The number of nitrogens with one attached hydrogen (secondary N) is 2. The monoisotopic (exact) mass is 339 g/mol. The fourth-order valence-corrected chi connectivity index (χ4v) is 3.62. The predicted molar refractivity (Wildman–Crippen MR) is 81.6 cm³/mol. The van der Waals surface area contributed by atoms with E-state index in [1.807, 2.05) is 0 Å².